The summed E-state index contributed by atoms with van der Waals surface area (Å²) in [4.78, 5) is 15.0. The summed E-state index contributed by atoms with van der Waals surface area (Å²) in [5, 5.41) is 3.13. The number of likely N-dealkylation sites (tertiary alicyclic amines) is 1. The van der Waals surface area contributed by atoms with Crippen molar-refractivity contribution >= 4 is 5.91 Å². The van der Waals surface area contributed by atoms with Crippen LogP contribution in [0, 0.1) is 11.7 Å². The third-order valence-electron chi connectivity index (χ3n) is 5.74. The van der Waals surface area contributed by atoms with Crippen molar-refractivity contribution in [1.82, 2.24) is 10.2 Å². The zero-order valence-corrected chi connectivity index (χ0v) is 16.7. The van der Waals surface area contributed by atoms with E-state index in [4.69, 9.17) is 9.47 Å². The lowest BCUT2D eigenvalue weighted by molar-refractivity contribution is -0.127. The summed E-state index contributed by atoms with van der Waals surface area (Å²) >= 11 is 0. The Kier molecular flexibility index (Phi) is 6.00. The first-order valence-electron chi connectivity index (χ1n) is 10.3. The van der Waals surface area contributed by atoms with Crippen molar-refractivity contribution in [3.05, 3.63) is 59.4 Å². The summed E-state index contributed by atoms with van der Waals surface area (Å²) in [5.74, 6) is 1.39. The van der Waals surface area contributed by atoms with Gasteiger partial charge in [-0.1, -0.05) is 24.3 Å². The highest BCUT2D eigenvalue weighted by Gasteiger charge is 2.26. The Balaban J connectivity index is 1.29. The smallest absolute Gasteiger partial charge is 0.223 e. The summed E-state index contributed by atoms with van der Waals surface area (Å²) in [7, 11) is 0. The maximum absolute atomic E-state index is 13.9. The zero-order valence-electron chi connectivity index (χ0n) is 16.7. The van der Waals surface area contributed by atoms with Crippen molar-refractivity contribution in [2.75, 3.05) is 26.3 Å². The van der Waals surface area contributed by atoms with Gasteiger partial charge in [0.25, 0.3) is 0 Å². The summed E-state index contributed by atoms with van der Waals surface area (Å²) in [6, 6.07) is 12.6. The molecule has 2 aliphatic heterocycles. The van der Waals surface area contributed by atoms with E-state index >= 15 is 0 Å². The number of benzene rings is 2. The largest absolute Gasteiger partial charge is 0.486 e. The molecule has 1 N–H and O–H groups in total. The second-order valence-electron chi connectivity index (χ2n) is 7.78. The number of carbonyl (C=O) groups excluding carboxylic acids is 1. The molecule has 0 saturated carbocycles. The molecule has 0 aromatic heterocycles. The van der Waals surface area contributed by atoms with Crippen LogP contribution in [0.5, 0.6) is 11.5 Å². The van der Waals surface area contributed by atoms with Crippen molar-refractivity contribution < 1.29 is 18.7 Å². The van der Waals surface area contributed by atoms with Gasteiger partial charge >= 0.3 is 0 Å². The number of nitrogens with zero attached hydrogens (tertiary/aromatic N) is 1. The number of ether oxygens (including phenoxy) is 2. The fraction of sp³-hybridized carbons (Fsp3) is 0.435. The van der Waals surface area contributed by atoms with Gasteiger partial charge in [0, 0.05) is 18.0 Å². The van der Waals surface area contributed by atoms with Crippen molar-refractivity contribution in [1.29, 1.82) is 0 Å². The topological polar surface area (TPSA) is 50.8 Å². The van der Waals surface area contributed by atoms with Gasteiger partial charge in [0.1, 0.15) is 19.0 Å². The van der Waals surface area contributed by atoms with E-state index in [0.717, 1.165) is 43.0 Å². The average molecular weight is 398 g/mol. The molecule has 29 heavy (non-hydrogen) atoms. The van der Waals surface area contributed by atoms with Crippen LogP contribution in [0.1, 0.15) is 36.9 Å². The van der Waals surface area contributed by atoms with E-state index in [1.165, 1.54) is 6.07 Å². The Morgan fingerprint density at radius 1 is 1.14 bits per heavy atom. The molecule has 0 bridgehead atoms. The number of hydrogen-bond donors (Lipinski definition) is 1. The third kappa shape index (κ3) is 4.70. The van der Waals surface area contributed by atoms with E-state index in [1.807, 2.05) is 37.3 Å². The molecule has 0 unspecified atom stereocenters. The fourth-order valence-corrected chi connectivity index (χ4v) is 3.96. The second kappa shape index (κ2) is 8.82. The second-order valence-corrected chi connectivity index (χ2v) is 7.78. The summed E-state index contributed by atoms with van der Waals surface area (Å²) < 4.78 is 25.0. The first-order chi connectivity index (χ1) is 14.1. The number of hydrogen-bond acceptors (Lipinski definition) is 4. The van der Waals surface area contributed by atoms with Gasteiger partial charge < -0.3 is 14.8 Å². The van der Waals surface area contributed by atoms with Gasteiger partial charge in [-0.3, -0.25) is 9.69 Å². The molecule has 0 aliphatic carbocycles. The number of amides is 1. The normalized spacial score (nSPS) is 18.3. The van der Waals surface area contributed by atoms with E-state index in [-0.39, 0.29) is 23.7 Å². The maximum atomic E-state index is 13.9. The van der Waals surface area contributed by atoms with Crippen LogP contribution >= 0.6 is 0 Å². The van der Waals surface area contributed by atoms with Gasteiger partial charge in [-0.25, -0.2) is 4.39 Å². The van der Waals surface area contributed by atoms with Crippen molar-refractivity contribution in [2.45, 2.75) is 32.4 Å². The van der Waals surface area contributed by atoms with E-state index in [1.54, 1.807) is 6.07 Å². The molecule has 154 valence electrons. The molecule has 1 atom stereocenters. The lowest BCUT2D eigenvalue weighted by Gasteiger charge is -2.32. The van der Waals surface area contributed by atoms with E-state index < -0.39 is 0 Å². The first-order valence-corrected chi connectivity index (χ1v) is 10.3. The molecule has 4 rings (SSSR count). The van der Waals surface area contributed by atoms with E-state index in [2.05, 4.69) is 10.2 Å². The van der Waals surface area contributed by atoms with Crippen LogP contribution in [0.4, 0.5) is 4.39 Å². The van der Waals surface area contributed by atoms with Gasteiger partial charge in [-0.2, -0.15) is 0 Å². The molecular weight excluding hydrogens is 371 g/mol. The Morgan fingerprint density at radius 3 is 2.62 bits per heavy atom. The molecule has 1 saturated heterocycles. The minimum Gasteiger partial charge on any atom is -0.486 e. The number of carbonyl (C=O) groups is 1. The summed E-state index contributed by atoms with van der Waals surface area (Å²) in [5.41, 5.74) is 1.71. The molecule has 6 heteroatoms. The Hall–Kier alpha value is -2.60. The molecule has 2 heterocycles. The van der Waals surface area contributed by atoms with Crippen molar-refractivity contribution in [2.24, 2.45) is 5.92 Å². The standard InChI is InChI=1S/C23H27FN2O3/c1-16(18-6-7-21-22(14-18)29-13-12-28-21)25-23(27)17-8-10-26(11-9-17)15-19-4-2-3-5-20(19)24/h2-7,14,16-17H,8-13,15H2,1H3,(H,25,27)/t16-/m1/s1. The van der Waals surface area contributed by atoms with Gasteiger partial charge in [0.15, 0.2) is 11.5 Å². The average Bonchev–Trinajstić information content (AvgIpc) is 2.75. The SMILES string of the molecule is C[C@@H](NC(=O)C1CCN(Cc2ccccc2F)CC1)c1ccc2c(c1)OCCO2. The first kappa shape index (κ1) is 19.7. The lowest BCUT2D eigenvalue weighted by atomic mass is 9.94. The van der Waals surface area contributed by atoms with Gasteiger partial charge in [0.2, 0.25) is 5.91 Å². The van der Waals surface area contributed by atoms with Crippen LogP contribution in [0.2, 0.25) is 0 Å². The van der Waals surface area contributed by atoms with Crippen LogP contribution < -0.4 is 14.8 Å². The van der Waals surface area contributed by atoms with Crippen LogP contribution in [0.15, 0.2) is 42.5 Å². The maximum Gasteiger partial charge on any atom is 0.223 e. The molecule has 1 amide bonds. The number of halogens is 1. The van der Waals surface area contributed by atoms with Crippen LogP contribution in [-0.4, -0.2) is 37.1 Å². The summed E-state index contributed by atoms with van der Waals surface area (Å²) in [6.07, 6.45) is 1.57. The number of piperidine rings is 1. The molecule has 1 fully saturated rings. The number of nitrogens with one attached hydrogen (secondary N) is 1. The van der Waals surface area contributed by atoms with Crippen molar-refractivity contribution in [3.63, 3.8) is 0 Å². The highest BCUT2D eigenvalue weighted by atomic mass is 19.1. The predicted octanol–water partition coefficient (Wildman–Crippen LogP) is 3.69. The quantitative estimate of drug-likeness (QED) is 0.835. The van der Waals surface area contributed by atoms with E-state index in [0.29, 0.717) is 25.3 Å². The number of fused-ring (bicyclic) bond motifs is 1. The zero-order chi connectivity index (χ0) is 20.2. The molecule has 0 spiro atoms. The van der Waals surface area contributed by atoms with Gasteiger partial charge in [0.05, 0.1) is 6.04 Å². The molecule has 5 nitrogen and oxygen atoms in total. The monoisotopic (exact) mass is 398 g/mol. The molecule has 2 aliphatic rings. The lowest BCUT2D eigenvalue weighted by Crippen LogP contribution is -2.41. The highest BCUT2D eigenvalue weighted by Crippen LogP contribution is 2.32. The summed E-state index contributed by atoms with van der Waals surface area (Å²) in [6.45, 7) is 5.28. The fourth-order valence-electron chi connectivity index (χ4n) is 3.96. The Morgan fingerprint density at radius 2 is 1.86 bits per heavy atom. The molecule has 0 radical (unpaired) electrons. The van der Waals surface area contributed by atoms with Crippen molar-refractivity contribution in [3.8, 4) is 11.5 Å². The number of rotatable bonds is 5. The van der Waals surface area contributed by atoms with Crippen LogP contribution in [-0.2, 0) is 11.3 Å². The highest BCUT2D eigenvalue weighted by molar-refractivity contribution is 5.79. The Bertz CT molecular complexity index is 865. The van der Waals surface area contributed by atoms with Crippen LogP contribution in [0.25, 0.3) is 0 Å². The predicted molar refractivity (Wildman–Crippen MR) is 108 cm³/mol. The molecule has 2 aromatic rings. The van der Waals surface area contributed by atoms with Gasteiger partial charge in [-0.05, 0) is 56.6 Å². The molecular formula is C23H27FN2O3. The minimum atomic E-state index is -0.166. The molecule has 2 aromatic carbocycles. The van der Waals surface area contributed by atoms with E-state index in [9.17, 15) is 9.18 Å². The Labute approximate surface area is 170 Å². The third-order valence-corrected chi connectivity index (χ3v) is 5.74. The van der Waals surface area contributed by atoms with Gasteiger partial charge in [-0.15, -0.1) is 0 Å². The van der Waals surface area contributed by atoms with Crippen LogP contribution in [0.3, 0.4) is 0 Å². The minimum absolute atomic E-state index is 0.00784.